The van der Waals surface area contributed by atoms with Crippen molar-refractivity contribution in [2.45, 2.75) is 18.7 Å². The van der Waals surface area contributed by atoms with Crippen LogP contribution in [0.15, 0.2) is 6.20 Å². The van der Waals surface area contributed by atoms with Crippen molar-refractivity contribution in [2.75, 3.05) is 0 Å². The molecule has 0 amide bonds. The van der Waals surface area contributed by atoms with Crippen molar-refractivity contribution in [2.24, 2.45) is 0 Å². The molecule has 1 heterocycles. The molecule has 1 aromatic rings. The number of aliphatic carboxylic acids is 1. The van der Waals surface area contributed by atoms with Crippen LogP contribution in [-0.4, -0.2) is 27.5 Å². The summed E-state index contributed by atoms with van der Waals surface area (Å²) in [4.78, 5) is 13.8. The fraction of sp³-hybridized carbons (Fsp3) is 0.333. The minimum Gasteiger partial charge on any atom is -0.506 e. The van der Waals surface area contributed by atoms with Crippen LogP contribution in [0.2, 0.25) is 0 Å². The number of aromatic nitrogens is 1. The number of carboxylic acids is 1. The number of ether oxygens (including phenoxy) is 1. The number of hydrogen-bond acceptors (Lipinski definition) is 4. The molecule has 100 valence electrons. The average Bonchev–Trinajstić information content (AvgIpc) is 2.20. The molecule has 5 nitrogen and oxygen atoms in total. The lowest BCUT2D eigenvalue weighted by Crippen LogP contribution is -2.20. The zero-order chi connectivity index (χ0) is 13.9. The first-order valence-corrected chi connectivity index (χ1v) is 5.01. The van der Waals surface area contributed by atoms with Gasteiger partial charge in [0.15, 0.2) is 0 Å². The summed E-state index contributed by atoms with van der Waals surface area (Å²) in [6.45, 7) is 0. The van der Waals surface area contributed by atoms with Crippen LogP contribution in [-0.2, 0) is 17.1 Å². The highest BCUT2D eigenvalue weighted by Gasteiger charge is 2.34. The van der Waals surface area contributed by atoms with Gasteiger partial charge < -0.3 is 14.9 Å². The van der Waals surface area contributed by atoms with E-state index in [1.807, 2.05) is 0 Å². The summed E-state index contributed by atoms with van der Waals surface area (Å²) < 4.78 is 39.9. The maximum absolute atomic E-state index is 12.1. The standard InChI is InChI=1S/C9H7ClF3NO4/c10-2-5-4(1-7(16)17)8(14-3-6(5)15)18-9(11,12)13/h3,15H,1-2H2,(H,16,17). The molecule has 0 aromatic carbocycles. The molecule has 0 aliphatic rings. The number of hydrogen-bond donors (Lipinski definition) is 2. The number of rotatable bonds is 4. The molecule has 0 atom stereocenters. The third-order valence-electron chi connectivity index (χ3n) is 1.91. The topological polar surface area (TPSA) is 79.7 Å². The molecule has 18 heavy (non-hydrogen) atoms. The lowest BCUT2D eigenvalue weighted by molar-refractivity contribution is -0.276. The monoisotopic (exact) mass is 285 g/mol. The van der Waals surface area contributed by atoms with Crippen LogP contribution in [0.4, 0.5) is 13.2 Å². The molecule has 0 saturated heterocycles. The first kappa shape index (κ1) is 14.4. The highest BCUT2D eigenvalue weighted by Crippen LogP contribution is 2.32. The number of carbonyl (C=O) groups is 1. The van der Waals surface area contributed by atoms with Gasteiger partial charge in [0, 0.05) is 11.1 Å². The van der Waals surface area contributed by atoms with Gasteiger partial charge in [0.05, 0.1) is 18.5 Å². The number of aromatic hydroxyl groups is 1. The van der Waals surface area contributed by atoms with E-state index in [1.165, 1.54) is 0 Å². The molecular weight excluding hydrogens is 279 g/mol. The minimum absolute atomic E-state index is 0.159. The van der Waals surface area contributed by atoms with Crippen molar-refractivity contribution in [1.82, 2.24) is 4.98 Å². The van der Waals surface area contributed by atoms with Gasteiger partial charge in [-0.25, -0.2) is 4.98 Å². The predicted octanol–water partition coefficient (Wildman–Crippen LogP) is 2.05. The van der Waals surface area contributed by atoms with E-state index in [0.29, 0.717) is 6.20 Å². The second-order valence-electron chi connectivity index (χ2n) is 3.16. The number of carboxylic acid groups (broad SMARTS) is 1. The van der Waals surface area contributed by atoms with Gasteiger partial charge in [-0.15, -0.1) is 24.8 Å². The van der Waals surface area contributed by atoms with E-state index in [0.717, 1.165) is 0 Å². The first-order valence-electron chi connectivity index (χ1n) is 4.47. The Labute approximate surface area is 104 Å². The highest BCUT2D eigenvalue weighted by molar-refractivity contribution is 6.17. The van der Waals surface area contributed by atoms with E-state index in [2.05, 4.69) is 9.72 Å². The van der Waals surface area contributed by atoms with Crippen LogP contribution >= 0.6 is 11.6 Å². The molecule has 0 bridgehead atoms. The molecule has 2 N–H and O–H groups in total. The van der Waals surface area contributed by atoms with Crippen molar-refractivity contribution < 1.29 is 32.9 Å². The zero-order valence-corrected chi connectivity index (χ0v) is 9.42. The Bertz CT molecular complexity index is 464. The SMILES string of the molecule is O=C(O)Cc1c(OC(F)(F)F)ncc(O)c1CCl. The van der Waals surface area contributed by atoms with Crippen molar-refractivity contribution in [1.29, 1.82) is 0 Å². The third kappa shape index (κ3) is 3.66. The second-order valence-corrected chi connectivity index (χ2v) is 3.42. The molecule has 0 radical (unpaired) electrons. The Kier molecular flexibility index (Phi) is 4.23. The van der Waals surface area contributed by atoms with Crippen molar-refractivity contribution >= 4 is 17.6 Å². The lowest BCUT2D eigenvalue weighted by Gasteiger charge is -2.14. The normalized spacial score (nSPS) is 11.3. The average molecular weight is 286 g/mol. The van der Waals surface area contributed by atoms with Gasteiger partial charge in [-0.05, 0) is 0 Å². The van der Waals surface area contributed by atoms with E-state index in [1.54, 1.807) is 0 Å². The Morgan fingerprint density at radius 2 is 2.06 bits per heavy atom. The fourth-order valence-electron chi connectivity index (χ4n) is 1.24. The molecule has 1 aromatic heterocycles. The molecule has 0 unspecified atom stereocenters. The maximum Gasteiger partial charge on any atom is 0.574 e. The summed E-state index contributed by atoms with van der Waals surface area (Å²) in [6.07, 6.45) is -5.10. The van der Waals surface area contributed by atoms with Gasteiger partial charge in [0.25, 0.3) is 0 Å². The van der Waals surface area contributed by atoms with Crippen LogP contribution in [0.1, 0.15) is 11.1 Å². The highest BCUT2D eigenvalue weighted by atomic mass is 35.5. The first-order chi connectivity index (χ1) is 8.24. The van der Waals surface area contributed by atoms with Gasteiger partial charge >= 0.3 is 12.3 Å². The van der Waals surface area contributed by atoms with Crippen molar-refractivity contribution in [3.05, 3.63) is 17.3 Å². The molecule has 0 aliphatic heterocycles. The Hall–Kier alpha value is -1.70. The van der Waals surface area contributed by atoms with Gasteiger partial charge in [-0.2, -0.15) is 0 Å². The molecule has 0 spiro atoms. The molecule has 1 rings (SSSR count). The van der Waals surface area contributed by atoms with Gasteiger partial charge in [-0.3, -0.25) is 4.79 Å². The van der Waals surface area contributed by atoms with Gasteiger partial charge in [0.1, 0.15) is 5.75 Å². The molecule has 0 fully saturated rings. The Morgan fingerprint density at radius 1 is 1.44 bits per heavy atom. The summed E-state index contributed by atoms with van der Waals surface area (Å²) in [5.41, 5.74) is -0.567. The summed E-state index contributed by atoms with van der Waals surface area (Å²) >= 11 is 5.45. The maximum atomic E-state index is 12.1. The van der Waals surface area contributed by atoms with Gasteiger partial charge in [-0.1, -0.05) is 0 Å². The van der Waals surface area contributed by atoms with E-state index >= 15 is 0 Å². The van der Waals surface area contributed by atoms with E-state index in [4.69, 9.17) is 16.7 Å². The predicted molar refractivity (Wildman–Crippen MR) is 53.5 cm³/mol. The smallest absolute Gasteiger partial charge is 0.506 e. The lowest BCUT2D eigenvalue weighted by atomic mass is 10.1. The zero-order valence-electron chi connectivity index (χ0n) is 8.66. The number of halogens is 4. The van der Waals surface area contributed by atoms with E-state index in [9.17, 15) is 23.1 Å². The van der Waals surface area contributed by atoms with Gasteiger partial charge in [0.2, 0.25) is 5.88 Å². The number of pyridine rings is 1. The second kappa shape index (κ2) is 5.30. The molecular formula is C9H7ClF3NO4. The largest absolute Gasteiger partial charge is 0.574 e. The van der Waals surface area contributed by atoms with Crippen LogP contribution in [0.5, 0.6) is 11.6 Å². The fourth-order valence-corrected chi connectivity index (χ4v) is 1.54. The van der Waals surface area contributed by atoms with E-state index in [-0.39, 0.29) is 11.4 Å². The Morgan fingerprint density at radius 3 is 2.50 bits per heavy atom. The van der Waals surface area contributed by atoms with Crippen LogP contribution in [0.3, 0.4) is 0 Å². The summed E-state index contributed by atoms with van der Waals surface area (Å²) in [6, 6.07) is 0. The van der Waals surface area contributed by atoms with Crippen molar-refractivity contribution in [3.8, 4) is 11.6 Å². The minimum atomic E-state index is -5.01. The molecule has 0 saturated carbocycles. The van der Waals surface area contributed by atoms with Crippen molar-refractivity contribution in [3.63, 3.8) is 0 Å². The van der Waals surface area contributed by atoms with Crippen LogP contribution in [0.25, 0.3) is 0 Å². The Balaban J connectivity index is 3.28. The van der Waals surface area contributed by atoms with E-state index < -0.39 is 35.9 Å². The molecule has 9 heteroatoms. The number of nitrogens with zero attached hydrogens (tertiary/aromatic N) is 1. The van der Waals surface area contributed by atoms with Crippen LogP contribution in [0, 0.1) is 0 Å². The molecule has 0 aliphatic carbocycles. The number of alkyl halides is 4. The van der Waals surface area contributed by atoms with Crippen LogP contribution < -0.4 is 4.74 Å². The summed E-state index contributed by atoms with van der Waals surface area (Å²) in [7, 11) is 0. The quantitative estimate of drug-likeness (QED) is 0.828. The summed E-state index contributed by atoms with van der Waals surface area (Å²) in [5, 5.41) is 18.0. The third-order valence-corrected chi connectivity index (χ3v) is 2.18. The summed E-state index contributed by atoms with van der Waals surface area (Å²) in [5.74, 6) is -3.19.